The molecule has 252 valence electrons. The van der Waals surface area contributed by atoms with Gasteiger partial charge < -0.3 is 16.2 Å². The maximum atomic E-state index is 13.8. The molecule has 0 saturated heterocycles. The van der Waals surface area contributed by atoms with E-state index in [1.54, 1.807) is 19.1 Å². The number of carbonyl (C=O) groups is 1. The van der Waals surface area contributed by atoms with Crippen LogP contribution in [0.15, 0.2) is 67.1 Å². The predicted octanol–water partition coefficient (Wildman–Crippen LogP) is 5.47. The summed E-state index contributed by atoms with van der Waals surface area (Å²) in [5.74, 6) is -1.23. The van der Waals surface area contributed by atoms with Crippen LogP contribution in [0.3, 0.4) is 0 Å². The Morgan fingerprint density at radius 3 is 1.96 bits per heavy atom. The fraction of sp³-hybridized carbons (Fsp3) is 0.290. The molecule has 2 aromatic carbocycles. The van der Waals surface area contributed by atoms with Crippen molar-refractivity contribution in [2.24, 2.45) is 0 Å². The first-order valence-corrected chi connectivity index (χ1v) is 13.7. The fourth-order valence-electron chi connectivity index (χ4n) is 4.53. The van der Waals surface area contributed by atoms with Crippen LogP contribution in [-0.4, -0.2) is 32.6 Å². The molecule has 0 spiro atoms. The Morgan fingerprint density at radius 2 is 1.42 bits per heavy atom. The van der Waals surface area contributed by atoms with Gasteiger partial charge in [-0.2, -0.15) is 39.5 Å². The van der Waals surface area contributed by atoms with Crippen molar-refractivity contribution in [1.29, 1.82) is 0 Å². The monoisotopic (exact) mass is 696 g/mol. The van der Waals surface area contributed by atoms with Gasteiger partial charge in [-0.25, -0.2) is 9.97 Å². The summed E-state index contributed by atoms with van der Waals surface area (Å²) in [4.78, 5) is 24.3. The van der Waals surface area contributed by atoms with Gasteiger partial charge in [-0.15, -0.1) is 0 Å². The van der Waals surface area contributed by atoms with Crippen LogP contribution in [0, 0.1) is 6.92 Å². The minimum absolute atomic E-state index is 0. The molecule has 7 nitrogen and oxygen atoms in total. The second kappa shape index (κ2) is 15.6. The number of aliphatic carboxylic acids is 1. The molecular weight excluding hydrogens is 670 g/mol. The van der Waals surface area contributed by atoms with Gasteiger partial charge in [0.25, 0.3) is 0 Å². The summed E-state index contributed by atoms with van der Waals surface area (Å²) in [5, 5.41) is 8.76. The third-order valence-corrected chi connectivity index (χ3v) is 6.71. The van der Waals surface area contributed by atoms with Crippen molar-refractivity contribution in [3.8, 4) is 17.0 Å². The molecule has 0 saturated carbocycles. The van der Waals surface area contributed by atoms with Crippen LogP contribution in [0.5, 0.6) is 5.75 Å². The van der Waals surface area contributed by atoms with E-state index in [0.29, 0.717) is 12.1 Å². The molecule has 0 bridgehead atoms. The smallest absolute Gasteiger partial charge is 1.00 e. The molecule has 48 heavy (non-hydrogen) atoms. The standard InChI is InChI=1S/C31H25F9N4O3.Na.H/c1-18-6-7-41-26(9-18)25-5-4-21(29(32,33)34)12-20(25)17-44(28-42-14-24(15-43-28)47-8-2-3-27(45)46)16-19-10-22(30(35,36)37)13-23(11-19)31(38,39)40;;/h4-7,9-15H,2-3,8,16-17H2,1H3,(H,45,46);;/q;+1;-1. The van der Waals surface area contributed by atoms with Gasteiger partial charge in [0.1, 0.15) is 0 Å². The van der Waals surface area contributed by atoms with Crippen LogP contribution in [0.25, 0.3) is 11.3 Å². The molecule has 0 amide bonds. The summed E-state index contributed by atoms with van der Waals surface area (Å²) in [6.07, 6.45) is -11.4. The summed E-state index contributed by atoms with van der Waals surface area (Å²) in [6, 6.07) is 7.08. The Bertz CT molecular complexity index is 1690. The number of ether oxygens (including phenoxy) is 1. The third kappa shape index (κ3) is 10.6. The van der Waals surface area contributed by atoms with Crippen LogP contribution >= 0.6 is 0 Å². The zero-order chi connectivity index (χ0) is 34.6. The summed E-state index contributed by atoms with van der Waals surface area (Å²) in [5.41, 5.74) is -3.44. The molecule has 4 aromatic rings. The average Bonchev–Trinajstić information content (AvgIpc) is 2.98. The van der Waals surface area contributed by atoms with Crippen molar-refractivity contribution in [2.75, 3.05) is 11.5 Å². The molecule has 1 N–H and O–H groups in total. The number of carboxylic acid groups (broad SMARTS) is 1. The number of benzene rings is 2. The Hall–Kier alpha value is -3.89. The maximum Gasteiger partial charge on any atom is 1.00 e. The number of aromatic nitrogens is 3. The van der Waals surface area contributed by atoms with E-state index < -0.39 is 59.8 Å². The van der Waals surface area contributed by atoms with Crippen LogP contribution in [0.1, 0.15) is 47.6 Å². The van der Waals surface area contributed by atoms with Gasteiger partial charge in [0, 0.05) is 31.3 Å². The van der Waals surface area contributed by atoms with E-state index >= 15 is 0 Å². The fourth-order valence-corrected chi connectivity index (χ4v) is 4.53. The summed E-state index contributed by atoms with van der Waals surface area (Å²) in [6.45, 7) is 0.528. The summed E-state index contributed by atoms with van der Waals surface area (Å²) in [7, 11) is 0. The SMILES string of the molecule is Cc1ccnc(-c2ccc(C(F)(F)F)cc2CN(Cc2cc(C(F)(F)F)cc(C(F)(F)F)c2)c2ncc(OCCCC(=O)O)cn2)c1.[H-].[Na+]. The number of nitrogens with zero attached hydrogens (tertiary/aromatic N) is 4. The number of alkyl halides is 9. The van der Waals surface area contributed by atoms with Gasteiger partial charge in [-0.1, -0.05) is 6.07 Å². The van der Waals surface area contributed by atoms with Crippen molar-refractivity contribution in [2.45, 2.75) is 51.4 Å². The van der Waals surface area contributed by atoms with E-state index in [4.69, 9.17) is 9.84 Å². The van der Waals surface area contributed by atoms with Gasteiger partial charge in [-0.3, -0.25) is 9.78 Å². The number of carboxylic acids is 1. The van der Waals surface area contributed by atoms with Crippen molar-refractivity contribution < 1.29 is 85.1 Å². The molecule has 0 fully saturated rings. The topological polar surface area (TPSA) is 88.4 Å². The zero-order valence-electron chi connectivity index (χ0n) is 26.3. The van der Waals surface area contributed by atoms with Crippen molar-refractivity contribution in [3.05, 3.63) is 101 Å². The molecule has 2 aromatic heterocycles. The van der Waals surface area contributed by atoms with Crippen LogP contribution in [0.4, 0.5) is 45.5 Å². The number of hydrogen-bond donors (Lipinski definition) is 1. The molecule has 0 aliphatic carbocycles. The van der Waals surface area contributed by atoms with Crippen LogP contribution in [-0.2, 0) is 36.4 Å². The predicted molar refractivity (Wildman–Crippen MR) is 151 cm³/mol. The van der Waals surface area contributed by atoms with Crippen LogP contribution in [0.2, 0.25) is 0 Å². The zero-order valence-corrected chi connectivity index (χ0v) is 27.3. The first kappa shape index (κ1) is 38.6. The maximum absolute atomic E-state index is 13.8. The van der Waals surface area contributed by atoms with Crippen LogP contribution < -0.4 is 39.2 Å². The average molecular weight is 697 g/mol. The molecule has 4 rings (SSSR count). The number of rotatable bonds is 11. The van der Waals surface area contributed by atoms with Gasteiger partial charge >= 0.3 is 54.1 Å². The number of aryl methyl sites for hydroxylation is 1. The van der Waals surface area contributed by atoms with Gasteiger partial charge in [0.2, 0.25) is 5.95 Å². The Kier molecular flexibility index (Phi) is 12.5. The van der Waals surface area contributed by atoms with E-state index in [-0.39, 0.29) is 85.0 Å². The number of pyridine rings is 1. The first-order valence-electron chi connectivity index (χ1n) is 13.7. The Morgan fingerprint density at radius 1 is 0.812 bits per heavy atom. The van der Waals surface area contributed by atoms with E-state index in [1.165, 1.54) is 12.3 Å². The summed E-state index contributed by atoms with van der Waals surface area (Å²) >= 11 is 0. The quantitative estimate of drug-likeness (QED) is 0.127. The van der Waals surface area contributed by atoms with Gasteiger partial charge in [0.15, 0.2) is 5.75 Å². The first-order chi connectivity index (χ1) is 21.9. The largest absolute Gasteiger partial charge is 1.00 e. The van der Waals surface area contributed by atoms with Crippen molar-refractivity contribution >= 4 is 11.9 Å². The number of anilines is 1. The van der Waals surface area contributed by atoms with E-state index in [1.807, 2.05) is 0 Å². The minimum Gasteiger partial charge on any atom is -1.00 e. The molecule has 2 heterocycles. The van der Waals surface area contributed by atoms with Crippen molar-refractivity contribution in [3.63, 3.8) is 0 Å². The second-order valence-corrected chi connectivity index (χ2v) is 10.4. The van der Waals surface area contributed by atoms with E-state index in [9.17, 15) is 44.3 Å². The van der Waals surface area contributed by atoms with E-state index in [2.05, 4.69) is 15.0 Å². The minimum atomic E-state index is -5.14. The van der Waals surface area contributed by atoms with Gasteiger partial charge in [-0.05, 0) is 72.5 Å². The van der Waals surface area contributed by atoms with Crippen molar-refractivity contribution in [1.82, 2.24) is 15.0 Å². The summed E-state index contributed by atoms with van der Waals surface area (Å²) < 4.78 is 128. The molecule has 0 unspecified atom stereocenters. The number of halogens is 9. The Balaban J connectivity index is 0.00000417. The molecule has 0 radical (unpaired) electrons. The molecule has 0 atom stereocenters. The Labute approximate surface area is 291 Å². The normalized spacial score (nSPS) is 12.0. The molecule has 0 aliphatic rings. The third-order valence-electron chi connectivity index (χ3n) is 6.71. The second-order valence-electron chi connectivity index (χ2n) is 10.4. The molecule has 17 heteroatoms. The number of hydrogen-bond acceptors (Lipinski definition) is 6. The molecular formula is C31H26F9N4NaO3. The van der Waals surface area contributed by atoms with E-state index in [0.717, 1.165) is 35.0 Å². The molecule has 0 aliphatic heterocycles. The van der Waals surface area contributed by atoms with Gasteiger partial charge in [0.05, 0.1) is 41.4 Å².